The molecule has 106 valence electrons. The fourth-order valence-electron chi connectivity index (χ4n) is 2.37. The van der Waals surface area contributed by atoms with E-state index in [1.54, 1.807) is 21.3 Å². The van der Waals surface area contributed by atoms with Crippen molar-refractivity contribution in [2.45, 2.75) is 18.9 Å². The van der Waals surface area contributed by atoms with Crippen molar-refractivity contribution >= 4 is 5.69 Å². The Labute approximate surface area is 114 Å². The number of rotatable bonds is 5. The van der Waals surface area contributed by atoms with E-state index < -0.39 is 0 Å². The minimum absolute atomic E-state index is 0.490. The molecule has 1 saturated heterocycles. The summed E-state index contributed by atoms with van der Waals surface area (Å²) in [5.41, 5.74) is 1.00. The van der Waals surface area contributed by atoms with Crippen LogP contribution in [0.1, 0.15) is 12.8 Å². The number of hydrogen-bond acceptors (Lipinski definition) is 5. The summed E-state index contributed by atoms with van der Waals surface area (Å²) >= 11 is 0. The van der Waals surface area contributed by atoms with Gasteiger partial charge in [-0.25, -0.2) is 0 Å². The van der Waals surface area contributed by atoms with Gasteiger partial charge in [-0.3, -0.25) is 0 Å². The molecule has 1 aromatic carbocycles. The molecule has 1 aliphatic heterocycles. The van der Waals surface area contributed by atoms with E-state index in [1.165, 1.54) is 0 Å². The number of nitrogens with one attached hydrogen (secondary N) is 2. The lowest BCUT2D eigenvalue weighted by Crippen LogP contribution is -2.35. The number of piperidine rings is 1. The van der Waals surface area contributed by atoms with Crippen molar-refractivity contribution in [1.29, 1.82) is 0 Å². The van der Waals surface area contributed by atoms with Gasteiger partial charge in [-0.15, -0.1) is 0 Å². The molecule has 5 nitrogen and oxygen atoms in total. The van der Waals surface area contributed by atoms with Crippen LogP contribution in [0.5, 0.6) is 17.2 Å². The summed E-state index contributed by atoms with van der Waals surface area (Å²) in [7, 11) is 4.87. The van der Waals surface area contributed by atoms with E-state index in [1.807, 2.05) is 12.1 Å². The Bertz CT molecular complexity index is 392. The molecule has 0 amide bonds. The van der Waals surface area contributed by atoms with Crippen molar-refractivity contribution in [3.05, 3.63) is 12.1 Å². The molecule has 2 rings (SSSR count). The Morgan fingerprint density at radius 2 is 1.58 bits per heavy atom. The Balaban J connectivity index is 2.20. The van der Waals surface area contributed by atoms with E-state index in [0.29, 0.717) is 23.3 Å². The van der Waals surface area contributed by atoms with Gasteiger partial charge in [0, 0.05) is 23.9 Å². The molecule has 0 saturated carbocycles. The summed E-state index contributed by atoms with van der Waals surface area (Å²) in [5, 5.41) is 6.88. The van der Waals surface area contributed by atoms with E-state index in [9.17, 15) is 0 Å². The van der Waals surface area contributed by atoms with Crippen LogP contribution < -0.4 is 24.8 Å². The molecule has 1 aromatic rings. The first-order valence-electron chi connectivity index (χ1n) is 6.55. The molecule has 0 bridgehead atoms. The lowest BCUT2D eigenvalue weighted by molar-refractivity contribution is 0.324. The van der Waals surface area contributed by atoms with E-state index in [0.717, 1.165) is 31.6 Å². The number of methoxy groups -OCH3 is 3. The third kappa shape index (κ3) is 3.23. The fraction of sp³-hybridized carbons (Fsp3) is 0.571. The van der Waals surface area contributed by atoms with Gasteiger partial charge in [0.25, 0.3) is 0 Å². The third-order valence-electron chi connectivity index (χ3n) is 3.37. The summed E-state index contributed by atoms with van der Waals surface area (Å²) in [6.45, 7) is 2.12. The van der Waals surface area contributed by atoms with Crippen molar-refractivity contribution in [2.75, 3.05) is 39.7 Å². The Morgan fingerprint density at radius 3 is 2.05 bits per heavy atom. The Hall–Kier alpha value is -1.62. The van der Waals surface area contributed by atoms with Gasteiger partial charge in [0.2, 0.25) is 5.75 Å². The zero-order chi connectivity index (χ0) is 13.7. The van der Waals surface area contributed by atoms with E-state index in [4.69, 9.17) is 14.2 Å². The van der Waals surface area contributed by atoms with E-state index in [-0.39, 0.29) is 0 Å². The largest absolute Gasteiger partial charge is 0.493 e. The monoisotopic (exact) mass is 266 g/mol. The van der Waals surface area contributed by atoms with Gasteiger partial charge < -0.3 is 24.8 Å². The van der Waals surface area contributed by atoms with Crippen LogP contribution >= 0.6 is 0 Å². The second-order valence-electron chi connectivity index (χ2n) is 4.58. The lowest BCUT2D eigenvalue weighted by atomic mass is 10.1. The zero-order valence-electron chi connectivity index (χ0n) is 11.8. The van der Waals surface area contributed by atoms with Gasteiger partial charge in [-0.1, -0.05) is 0 Å². The first kappa shape index (κ1) is 13.8. The van der Waals surface area contributed by atoms with Crippen LogP contribution in [0.15, 0.2) is 12.1 Å². The Morgan fingerprint density at radius 1 is 1.00 bits per heavy atom. The molecule has 2 N–H and O–H groups in total. The number of hydrogen-bond donors (Lipinski definition) is 2. The molecule has 0 spiro atoms. The zero-order valence-corrected chi connectivity index (χ0v) is 11.8. The molecular weight excluding hydrogens is 244 g/mol. The number of ether oxygens (including phenoxy) is 3. The van der Waals surface area contributed by atoms with Crippen molar-refractivity contribution in [2.24, 2.45) is 0 Å². The van der Waals surface area contributed by atoms with Gasteiger partial charge in [0.15, 0.2) is 11.5 Å². The minimum atomic E-state index is 0.490. The summed E-state index contributed by atoms with van der Waals surface area (Å²) in [4.78, 5) is 0. The van der Waals surface area contributed by atoms with Crippen molar-refractivity contribution in [1.82, 2.24) is 5.32 Å². The molecule has 5 heteroatoms. The highest BCUT2D eigenvalue weighted by Gasteiger charge is 2.16. The van der Waals surface area contributed by atoms with Crippen LogP contribution in [0.3, 0.4) is 0 Å². The smallest absolute Gasteiger partial charge is 0.203 e. The summed E-state index contributed by atoms with van der Waals surface area (Å²) in [6, 6.07) is 4.39. The number of benzene rings is 1. The van der Waals surface area contributed by atoms with Crippen LogP contribution in [0.4, 0.5) is 5.69 Å². The fourth-order valence-corrected chi connectivity index (χ4v) is 2.37. The molecule has 0 unspecified atom stereocenters. The molecule has 0 radical (unpaired) electrons. The van der Waals surface area contributed by atoms with Crippen LogP contribution in [-0.2, 0) is 0 Å². The predicted molar refractivity (Wildman–Crippen MR) is 75.6 cm³/mol. The first-order valence-corrected chi connectivity index (χ1v) is 6.55. The van der Waals surface area contributed by atoms with Gasteiger partial charge in [-0.05, 0) is 25.9 Å². The summed E-state index contributed by atoms with van der Waals surface area (Å²) < 4.78 is 16.0. The van der Waals surface area contributed by atoms with Crippen molar-refractivity contribution in [3.8, 4) is 17.2 Å². The van der Waals surface area contributed by atoms with E-state index >= 15 is 0 Å². The summed E-state index contributed by atoms with van der Waals surface area (Å²) in [6.07, 6.45) is 2.24. The third-order valence-corrected chi connectivity index (χ3v) is 3.37. The minimum Gasteiger partial charge on any atom is -0.493 e. The normalized spacial score (nSPS) is 15.9. The quantitative estimate of drug-likeness (QED) is 0.852. The highest BCUT2D eigenvalue weighted by Crippen LogP contribution is 2.40. The second-order valence-corrected chi connectivity index (χ2v) is 4.58. The molecule has 1 heterocycles. The molecule has 1 aliphatic rings. The molecule has 1 fully saturated rings. The highest BCUT2D eigenvalue weighted by molar-refractivity contribution is 5.62. The molecule has 0 aromatic heterocycles. The van der Waals surface area contributed by atoms with Gasteiger partial charge in [0.05, 0.1) is 21.3 Å². The van der Waals surface area contributed by atoms with Crippen molar-refractivity contribution in [3.63, 3.8) is 0 Å². The first-order chi connectivity index (χ1) is 9.28. The molecule has 0 aliphatic carbocycles. The molecule has 19 heavy (non-hydrogen) atoms. The predicted octanol–water partition coefficient (Wildman–Crippen LogP) is 1.88. The maximum Gasteiger partial charge on any atom is 0.203 e. The van der Waals surface area contributed by atoms with Crippen LogP contribution in [0.25, 0.3) is 0 Å². The topological polar surface area (TPSA) is 51.8 Å². The Kier molecular flexibility index (Phi) is 4.74. The van der Waals surface area contributed by atoms with Gasteiger partial charge in [0.1, 0.15) is 0 Å². The second kappa shape index (κ2) is 6.52. The van der Waals surface area contributed by atoms with Crippen LogP contribution in [-0.4, -0.2) is 40.5 Å². The molecular formula is C14H22N2O3. The van der Waals surface area contributed by atoms with E-state index in [2.05, 4.69) is 10.6 Å². The molecule has 0 atom stereocenters. The lowest BCUT2D eigenvalue weighted by Gasteiger charge is -2.25. The number of anilines is 1. The standard InChI is InChI=1S/C14H22N2O3/c1-17-12-8-11(9-13(18-2)14(12)19-3)16-10-4-6-15-7-5-10/h8-10,15-16H,4-7H2,1-3H3. The average molecular weight is 266 g/mol. The maximum atomic E-state index is 5.35. The van der Waals surface area contributed by atoms with Crippen LogP contribution in [0, 0.1) is 0 Å². The summed E-state index contributed by atoms with van der Waals surface area (Å²) in [5.74, 6) is 1.98. The van der Waals surface area contributed by atoms with Crippen LogP contribution in [0.2, 0.25) is 0 Å². The maximum absolute atomic E-state index is 5.35. The van der Waals surface area contributed by atoms with Crippen molar-refractivity contribution < 1.29 is 14.2 Å². The SMILES string of the molecule is COc1cc(NC2CCNCC2)cc(OC)c1OC. The van der Waals surface area contributed by atoms with Gasteiger partial charge in [-0.2, -0.15) is 0 Å². The highest BCUT2D eigenvalue weighted by atomic mass is 16.5. The average Bonchev–Trinajstić information content (AvgIpc) is 2.47. The van der Waals surface area contributed by atoms with Gasteiger partial charge >= 0.3 is 0 Å².